The molecule has 1 N–H and O–H groups in total. The number of benzene rings is 2. The molecule has 1 heterocycles. The number of nitrogens with zero attached hydrogens (tertiary/aromatic N) is 2. The Morgan fingerprint density at radius 2 is 1.81 bits per heavy atom. The Bertz CT molecular complexity index is 1030. The molecule has 0 unspecified atom stereocenters. The molecule has 1 amide bonds. The molecule has 0 aliphatic heterocycles. The van der Waals surface area contributed by atoms with E-state index in [0.29, 0.717) is 11.4 Å². The predicted molar refractivity (Wildman–Crippen MR) is 111 cm³/mol. The zero-order valence-electron chi connectivity index (χ0n) is 17.3. The Hall–Kier alpha value is -3.88. The maximum absolute atomic E-state index is 12.2. The van der Waals surface area contributed by atoms with Gasteiger partial charge >= 0.3 is 5.97 Å². The van der Waals surface area contributed by atoms with Crippen LogP contribution in [0.4, 0.5) is 5.69 Å². The fourth-order valence-corrected chi connectivity index (χ4v) is 2.68. The van der Waals surface area contributed by atoms with Crippen LogP contribution < -0.4 is 14.8 Å². The van der Waals surface area contributed by atoms with Crippen LogP contribution in [0.15, 0.2) is 53.1 Å². The number of ether oxygens (including phenoxy) is 3. The van der Waals surface area contributed by atoms with E-state index in [1.807, 2.05) is 31.2 Å². The van der Waals surface area contributed by atoms with Crippen molar-refractivity contribution in [2.24, 2.45) is 0 Å². The average Bonchev–Trinajstić information content (AvgIpc) is 3.21. The lowest BCUT2D eigenvalue weighted by molar-refractivity contribution is -0.146. The summed E-state index contributed by atoms with van der Waals surface area (Å²) in [4.78, 5) is 28.1. The van der Waals surface area contributed by atoms with E-state index in [0.717, 1.165) is 11.3 Å². The van der Waals surface area contributed by atoms with Gasteiger partial charge in [-0.3, -0.25) is 9.59 Å². The van der Waals surface area contributed by atoms with Crippen molar-refractivity contribution in [2.75, 3.05) is 19.0 Å². The molecule has 9 nitrogen and oxygen atoms in total. The molecular weight excluding hydrogens is 402 g/mol. The topological polar surface area (TPSA) is 113 Å². The molecule has 0 radical (unpaired) electrons. The van der Waals surface area contributed by atoms with Crippen molar-refractivity contribution in [3.63, 3.8) is 0 Å². The Labute approximate surface area is 179 Å². The van der Waals surface area contributed by atoms with Gasteiger partial charge in [-0.25, -0.2) is 0 Å². The highest BCUT2D eigenvalue weighted by atomic mass is 16.6. The summed E-state index contributed by atoms with van der Waals surface area (Å²) < 4.78 is 20.9. The van der Waals surface area contributed by atoms with Crippen LogP contribution in [0.25, 0.3) is 0 Å². The van der Waals surface area contributed by atoms with Crippen molar-refractivity contribution in [1.82, 2.24) is 10.1 Å². The van der Waals surface area contributed by atoms with Gasteiger partial charge < -0.3 is 24.1 Å². The number of aromatic nitrogens is 2. The van der Waals surface area contributed by atoms with Gasteiger partial charge in [-0.1, -0.05) is 35.5 Å². The highest BCUT2D eigenvalue weighted by Gasteiger charge is 2.14. The summed E-state index contributed by atoms with van der Waals surface area (Å²) in [6.45, 7) is 1.95. The van der Waals surface area contributed by atoms with Crippen LogP contribution in [0.3, 0.4) is 0 Å². The van der Waals surface area contributed by atoms with Crippen LogP contribution in [-0.4, -0.2) is 35.7 Å². The molecule has 0 spiro atoms. The van der Waals surface area contributed by atoms with Crippen molar-refractivity contribution >= 4 is 17.6 Å². The van der Waals surface area contributed by atoms with Crippen LogP contribution in [0.1, 0.15) is 23.7 Å². The average molecular weight is 425 g/mol. The number of nitrogens with one attached hydrogen (secondary N) is 1. The minimum atomic E-state index is -0.456. The smallest absolute Gasteiger partial charge is 0.309 e. The summed E-state index contributed by atoms with van der Waals surface area (Å²) in [6.07, 6.45) is -0.0175. The van der Waals surface area contributed by atoms with Crippen LogP contribution >= 0.6 is 0 Å². The maximum Gasteiger partial charge on any atom is 0.309 e. The summed E-state index contributed by atoms with van der Waals surface area (Å²) in [6, 6.07) is 14.6. The van der Waals surface area contributed by atoms with Crippen molar-refractivity contribution in [3.05, 3.63) is 65.8 Å². The van der Waals surface area contributed by atoms with Gasteiger partial charge in [0, 0.05) is 0 Å². The van der Waals surface area contributed by atoms with Crippen molar-refractivity contribution in [1.29, 1.82) is 0 Å². The zero-order valence-corrected chi connectivity index (χ0v) is 17.3. The van der Waals surface area contributed by atoms with Gasteiger partial charge in [0.25, 0.3) is 5.89 Å². The molecule has 31 heavy (non-hydrogen) atoms. The molecule has 0 saturated carbocycles. The molecule has 9 heteroatoms. The number of methoxy groups -OCH3 is 1. The predicted octanol–water partition coefficient (Wildman–Crippen LogP) is 3.08. The summed E-state index contributed by atoms with van der Waals surface area (Å²) in [7, 11) is 1.52. The first-order chi connectivity index (χ1) is 15.0. The number of carbonyl (C=O) groups is 2. The lowest BCUT2D eigenvalue weighted by Crippen LogP contribution is -2.15. The summed E-state index contributed by atoms with van der Waals surface area (Å²) in [5.41, 5.74) is 1.53. The molecule has 0 atom stereocenters. The number of carbonyl (C=O) groups excluding carboxylic acids is 2. The maximum atomic E-state index is 12.2. The Balaban J connectivity index is 1.40. The zero-order chi connectivity index (χ0) is 22.1. The van der Waals surface area contributed by atoms with E-state index in [1.165, 1.54) is 7.11 Å². The van der Waals surface area contributed by atoms with E-state index in [-0.39, 0.29) is 43.7 Å². The number of hydrogen-bond acceptors (Lipinski definition) is 8. The molecule has 3 aromatic rings. The molecule has 2 aromatic carbocycles. The highest BCUT2D eigenvalue weighted by molar-refractivity contribution is 5.93. The van der Waals surface area contributed by atoms with Gasteiger partial charge in [0.15, 0.2) is 12.4 Å². The first-order valence-corrected chi connectivity index (χ1v) is 9.63. The van der Waals surface area contributed by atoms with Gasteiger partial charge in [0.1, 0.15) is 11.5 Å². The summed E-state index contributed by atoms with van der Waals surface area (Å²) >= 11 is 0. The van der Waals surface area contributed by atoms with Gasteiger partial charge in [0.2, 0.25) is 5.91 Å². The number of amides is 1. The minimum Gasteiger partial charge on any atom is -0.495 e. The van der Waals surface area contributed by atoms with Crippen LogP contribution in [0.5, 0.6) is 11.5 Å². The molecular formula is C22H23N3O6. The fraction of sp³-hybridized carbons (Fsp3) is 0.273. The normalized spacial score (nSPS) is 10.4. The molecule has 162 valence electrons. The Morgan fingerprint density at radius 1 is 1.06 bits per heavy atom. The van der Waals surface area contributed by atoms with Crippen LogP contribution in [-0.2, 0) is 27.4 Å². The molecule has 0 saturated heterocycles. The van der Waals surface area contributed by atoms with E-state index in [4.69, 9.17) is 18.7 Å². The molecule has 0 bridgehead atoms. The molecule has 0 aliphatic carbocycles. The molecule has 0 fully saturated rings. The quantitative estimate of drug-likeness (QED) is 0.493. The third-order valence-electron chi connectivity index (χ3n) is 4.22. The third kappa shape index (κ3) is 6.56. The standard InChI is InChI=1S/C22H23N3O6/c1-15-7-3-5-9-17(15)29-12-11-22(27)30-14-21-24-19(25-31-21)13-20(26)23-16-8-4-6-10-18(16)28-2/h3-10H,11-14H2,1-2H3,(H,23,26). The summed E-state index contributed by atoms with van der Waals surface area (Å²) in [5.74, 6) is 0.769. The van der Waals surface area contributed by atoms with E-state index in [9.17, 15) is 9.59 Å². The number of hydrogen-bond donors (Lipinski definition) is 1. The van der Waals surface area contributed by atoms with Gasteiger partial charge in [0.05, 0.1) is 32.2 Å². The van der Waals surface area contributed by atoms with Gasteiger partial charge in [-0.2, -0.15) is 4.98 Å². The second-order valence-electron chi connectivity index (χ2n) is 6.55. The fourth-order valence-electron chi connectivity index (χ4n) is 2.68. The van der Waals surface area contributed by atoms with Crippen molar-refractivity contribution in [3.8, 4) is 11.5 Å². The van der Waals surface area contributed by atoms with Gasteiger partial charge in [-0.05, 0) is 30.7 Å². The van der Waals surface area contributed by atoms with Crippen LogP contribution in [0.2, 0.25) is 0 Å². The van der Waals surface area contributed by atoms with Gasteiger partial charge in [-0.15, -0.1) is 0 Å². The molecule has 1 aromatic heterocycles. The number of aryl methyl sites for hydroxylation is 1. The lowest BCUT2D eigenvalue weighted by Gasteiger charge is -2.08. The first-order valence-electron chi connectivity index (χ1n) is 9.63. The largest absolute Gasteiger partial charge is 0.495 e. The molecule has 0 aliphatic rings. The van der Waals surface area contributed by atoms with E-state index >= 15 is 0 Å². The van der Waals surface area contributed by atoms with Crippen LogP contribution in [0, 0.1) is 6.92 Å². The second kappa shape index (κ2) is 10.8. The third-order valence-corrected chi connectivity index (χ3v) is 4.22. The number of esters is 1. The monoisotopic (exact) mass is 425 g/mol. The second-order valence-corrected chi connectivity index (χ2v) is 6.55. The molecule has 3 rings (SSSR count). The van der Waals surface area contributed by atoms with E-state index in [1.54, 1.807) is 24.3 Å². The van der Waals surface area contributed by atoms with Crippen molar-refractivity contribution < 1.29 is 28.3 Å². The number of para-hydroxylation sites is 3. The first kappa shape index (κ1) is 21.8. The van der Waals surface area contributed by atoms with E-state index < -0.39 is 5.97 Å². The van der Waals surface area contributed by atoms with E-state index in [2.05, 4.69) is 15.5 Å². The Morgan fingerprint density at radius 3 is 2.58 bits per heavy atom. The minimum absolute atomic E-state index is 0.0800. The lowest BCUT2D eigenvalue weighted by atomic mass is 10.2. The number of rotatable bonds is 10. The number of anilines is 1. The Kier molecular flexibility index (Phi) is 7.58. The summed E-state index contributed by atoms with van der Waals surface area (Å²) in [5, 5.41) is 6.46. The van der Waals surface area contributed by atoms with Crippen molar-refractivity contribution in [2.45, 2.75) is 26.4 Å². The highest BCUT2D eigenvalue weighted by Crippen LogP contribution is 2.23. The SMILES string of the molecule is COc1ccccc1NC(=O)Cc1noc(COC(=O)CCOc2ccccc2C)n1.